The van der Waals surface area contributed by atoms with Crippen molar-refractivity contribution in [2.24, 2.45) is 23.7 Å². The molecule has 31 heavy (non-hydrogen) atoms. The number of nitrogens with zero attached hydrogens (tertiary/aromatic N) is 1. The molecule has 1 aromatic carbocycles. The Labute approximate surface area is 197 Å². The summed E-state index contributed by atoms with van der Waals surface area (Å²) in [5, 5.41) is 2.72. The fourth-order valence-corrected chi connectivity index (χ4v) is 7.06. The second-order valence-electron chi connectivity index (χ2n) is 8.63. The van der Waals surface area contributed by atoms with E-state index in [-0.39, 0.29) is 33.3 Å². The molecule has 2 bridgehead atoms. The van der Waals surface area contributed by atoms with E-state index in [2.05, 4.69) is 37.2 Å². The number of benzene rings is 1. The van der Waals surface area contributed by atoms with Crippen LogP contribution in [-0.2, 0) is 23.9 Å². The van der Waals surface area contributed by atoms with Crippen molar-refractivity contribution in [2.75, 3.05) is 11.9 Å². The molecule has 166 valence electrons. The van der Waals surface area contributed by atoms with Crippen LogP contribution >= 0.6 is 31.9 Å². The first-order valence-electron chi connectivity index (χ1n) is 10.3. The van der Waals surface area contributed by atoms with Crippen LogP contribution in [0.5, 0.6) is 0 Å². The van der Waals surface area contributed by atoms with Crippen LogP contribution in [-0.4, -0.2) is 50.9 Å². The van der Waals surface area contributed by atoms with Crippen molar-refractivity contribution in [1.82, 2.24) is 4.90 Å². The molecule has 7 nitrogen and oxygen atoms in total. The van der Waals surface area contributed by atoms with Gasteiger partial charge >= 0.3 is 5.97 Å². The van der Waals surface area contributed by atoms with E-state index in [1.54, 1.807) is 6.07 Å². The van der Waals surface area contributed by atoms with Crippen LogP contribution in [0.3, 0.4) is 0 Å². The third kappa shape index (κ3) is 3.63. The normalized spacial score (nSPS) is 32.2. The summed E-state index contributed by atoms with van der Waals surface area (Å²) in [4.78, 5) is 52.1. The molecule has 0 radical (unpaired) electrons. The van der Waals surface area contributed by atoms with Crippen LogP contribution in [0.25, 0.3) is 0 Å². The van der Waals surface area contributed by atoms with Gasteiger partial charge in [-0.2, -0.15) is 0 Å². The van der Waals surface area contributed by atoms with E-state index in [1.165, 1.54) is 6.92 Å². The minimum atomic E-state index is -1.07. The first kappa shape index (κ1) is 22.5. The van der Waals surface area contributed by atoms with Gasteiger partial charge in [0.2, 0.25) is 11.8 Å². The van der Waals surface area contributed by atoms with Crippen molar-refractivity contribution < 1.29 is 23.9 Å². The molecule has 0 unspecified atom stereocenters. The number of hydrogen-bond donors (Lipinski definition) is 1. The molecule has 0 aromatic heterocycles. The van der Waals surface area contributed by atoms with Crippen molar-refractivity contribution in [3.05, 3.63) is 29.3 Å². The zero-order valence-corrected chi connectivity index (χ0v) is 20.6. The highest BCUT2D eigenvalue weighted by atomic mass is 79.9. The quantitative estimate of drug-likeness (QED) is 0.342. The number of aryl methyl sites for hydroxylation is 1. The highest BCUT2D eigenvalue weighted by molar-refractivity contribution is 9.12. The molecule has 2 saturated carbocycles. The van der Waals surface area contributed by atoms with Crippen molar-refractivity contribution in [3.63, 3.8) is 0 Å². The molecule has 1 N–H and O–H groups in total. The van der Waals surface area contributed by atoms with E-state index in [4.69, 9.17) is 4.74 Å². The van der Waals surface area contributed by atoms with Crippen LogP contribution in [0.15, 0.2) is 18.2 Å². The molecule has 1 aromatic rings. The maximum atomic E-state index is 13.0. The number of carbonyl (C=O) groups is 4. The summed E-state index contributed by atoms with van der Waals surface area (Å²) in [5.41, 5.74) is 2.61. The Hall–Kier alpha value is -1.74. The van der Waals surface area contributed by atoms with Gasteiger partial charge in [0.1, 0.15) is 6.04 Å². The second kappa shape index (κ2) is 8.31. The average Bonchev–Trinajstić information content (AvgIpc) is 3.34. The molecule has 1 aliphatic heterocycles. The zero-order chi connectivity index (χ0) is 22.6. The second-order valence-corrected chi connectivity index (χ2v) is 10.7. The number of alkyl halides is 2. The van der Waals surface area contributed by atoms with E-state index in [0.717, 1.165) is 22.4 Å². The van der Waals surface area contributed by atoms with E-state index >= 15 is 0 Å². The van der Waals surface area contributed by atoms with Crippen LogP contribution in [0, 0.1) is 37.5 Å². The molecule has 9 heteroatoms. The summed E-state index contributed by atoms with van der Waals surface area (Å²) in [6.07, 6.45) is 0.823. The average molecular weight is 556 g/mol. The number of amides is 3. The number of imide groups is 1. The van der Waals surface area contributed by atoms with Crippen LogP contribution in [0.4, 0.5) is 5.69 Å². The number of fused-ring (bicyclic) bond motifs is 5. The van der Waals surface area contributed by atoms with Gasteiger partial charge in [-0.3, -0.25) is 19.3 Å². The number of anilines is 1. The summed E-state index contributed by atoms with van der Waals surface area (Å²) in [6, 6.07) is 4.47. The van der Waals surface area contributed by atoms with Gasteiger partial charge in [-0.1, -0.05) is 44.0 Å². The highest BCUT2D eigenvalue weighted by Crippen LogP contribution is 2.60. The first-order chi connectivity index (χ1) is 14.6. The third-order valence-electron chi connectivity index (χ3n) is 6.97. The lowest BCUT2D eigenvalue weighted by molar-refractivity contribution is -0.159. The van der Waals surface area contributed by atoms with Gasteiger partial charge in [0, 0.05) is 15.3 Å². The van der Waals surface area contributed by atoms with Gasteiger partial charge in [0.05, 0.1) is 11.8 Å². The molecular weight excluding hydrogens is 532 g/mol. The van der Waals surface area contributed by atoms with Gasteiger partial charge in [-0.05, 0) is 56.2 Å². The predicted molar refractivity (Wildman–Crippen MR) is 121 cm³/mol. The number of nitrogens with one attached hydrogen (secondary N) is 1. The van der Waals surface area contributed by atoms with Gasteiger partial charge in [0.15, 0.2) is 6.61 Å². The molecule has 3 aliphatic rings. The molecule has 1 heterocycles. The van der Waals surface area contributed by atoms with Gasteiger partial charge in [-0.15, -0.1) is 0 Å². The van der Waals surface area contributed by atoms with Crippen LogP contribution in [0.2, 0.25) is 0 Å². The standard InChI is InChI=1S/C22H24Br2N2O5/c1-9-5-4-6-14(10(9)2)25-15(27)8-31-22(30)11(3)26-20(28)16-12-7-13(17(16)21(26)29)19(24)18(12)23/h4-6,11-13,16-19H,7-8H2,1-3H3,(H,25,27)/t11-,12+,13+,16-,17+,18-,19-/m0/s1. The summed E-state index contributed by atoms with van der Waals surface area (Å²) in [6.45, 7) is 4.81. The van der Waals surface area contributed by atoms with Crippen molar-refractivity contribution in [1.29, 1.82) is 0 Å². The Morgan fingerprint density at radius 1 is 1.13 bits per heavy atom. The largest absolute Gasteiger partial charge is 0.454 e. The molecule has 7 atom stereocenters. The summed E-state index contributed by atoms with van der Waals surface area (Å²) >= 11 is 7.29. The number of halogens is 2. The Morgan fingerprint density at radius 2 is 1.71 bits per heavy atom. The topological polar surface area (TPSA) is 92.8 Å². The Balaban J connectivity index is 1.38. The fourth-order valence-electron chi connectivity index (χ4n) is 5.19. The number of ether oxygens (including phenoxy) is 1. The number of carbonyl (C=O) groups excluding carboxylic acids is 4. The maximum Gasteiger partial charge on any atom is 0.329 e. The lowest BCUT2D eigenvalue weighted by Crippen LogP contribution is -2.45. The Bertz CT molecular complexity index is 935. The van der Waals surface area contributed by atoms with Gasteiger partial charge < -0.3 is 10.1 Å². The zero-order valence-electron chi connectivity index (χ0n) is 17.4. The van der Waals surface area contributed by atoms with E-state index in [9.17, 15) is 19.2 Å². The predicted octanol–water partition coefficient (Wildman–Crippen LogP) is 2.95. The number of likely N-dealkylation sites (tertiary alicyclic amines) is 1. The summed E-state index contributed by atoms with van der Waals surface area (Å²) in [7, 11) is 0. The number of esters is 1. The van der Waals surface area contributed by atoms with Crippen LogP contribution in [0.1, 0.15) is 24.5 Å². The summed E-state index contributed by atoms with van der Waals surface area (Å²) < 4.78 is 5.14. The van der Waals surface area contributed by atoms with E-state index in [0.29, 0.717) is 5.69 Å². The van der Waals surface area contributed by atoms with Gasteiger partial charge in [-0.25, -0.2) is 4.79 Å². The molecule has 3 fully saturated rings. The lowest BCUT2D eigenvalue weighted by atomic mass is 9.81. The lowest BCUT2D eigenvalue weighted by Gasteiger charge is -2.28. The first-order valence-corrected chi connectivity index (χ1v) is 12.1. The Morgan fingerprint density at radius 3 is 2.29 bits per heavy atom. The number of hydrogen-bond acceptors (Lipinski definition) is 5. The SMILES string of the molecule is Cc1cccc(NC(=O)COC(=O)[C@H](C)N2C(=O)[C@@H]3[C@H]4C[C@@H]([C@H](Br)[C@H]4Br)[C@@H]3C2=O)c1C. The van der Waals surface area contributed by atoms with Crippen molar-refractivity contribution in [2.45, 2.75) is 42.9 Å². The van der Waals surface area contributed by atoms with Gasteiger partial charge in [0.25, 0.3) is 5.91 Å². The Kier molecular flexibility index (Phi) is 6.02. The maximum absolute atomic E-state index is 13.0. The van der Waals surface area contributed by atoms with Crippen molar-refractivity contribution >= 4 is 61.2 Å². The summed E-state index contributed by atoms with van der Waals surface area (Å²) in [5.74, 6) is -2.49. The molecule has 0 spiro atoms. The highest BCUT2D eigenvalue weighted by Gasteiger charge is 2.67. The fraction of sp³-hybridized carbons (Fsp3) is 0.545. The minimum absolute atomic E-state index is 0.0763. The van der Waals surface area contributed by atoms with E-state index in [1.807, 2.05) is 26.0 Å². The third-order valence-corrected chi connectivity index (χ3v) is 10.2. The molecule has 2 aliphatic carbocycles. The van der Waals surface area contributed by atoms with E-state index < -0.39 is 36.4 Å². The molecular formula is C22H24Br2N2O5. The molecule has 4 rings (SSSR count). The van der Waals surface area contributed by atoms with Crippen molar-refractivity contribution in [3.8, 4) is 0 Å². The molecule has 1 saturated heterocycles. The minimum Gasteiger partial charge on any atom is -0.454 e. The monoisotopic (exact) mass is 554 g/mol. The number of rotatable bonds is 5. The molecule has 3 amide bonds. The van der Waals surface area contributed by atoms with Crippen LogP contribution < -0.4 is 5.32 Å². The smallest absolute Gasteiger partial charge is 0.329 e.